The lowest BCUT2D eigenvalue weighted by molar-refractivity contribution is 0.112. The molecule has 0 spiro atoms. The molecule has 0 aliphatic rings. The average molecular weight is 174 g/mol. The molecule has 2 rings (SSSR count). The number of nitrogens with zero attached hydrogens (tertiary/aromatic N) is 2. The Morgan fingerprint density at radius 1 is 1.38 bits per heavy atom. The molecule has 4 nitrogen and oxygen atoms in total. The smallest absolute Gasteiger partial charge is 0.257 e. The van der Waals surface area contributed by atoms with Crippen LogP contribution in [0.3, 0.4) is 0 Å². The minimum atomic E-state index is -0.151. The molecular weight excluding hydrogens is 168 g/mol. The van der Waals surface area contributed by atoms with Crippen molar-refractivity contribution < 1.29 is 4.79 Å². The first-order valence-electron chi connectivity index (χ1n) is 3.74. The number of aromatic nitrogens is 2. The Kier molecular flexibility index (Phi) is 1.66. The van der Waals surface area contributed by atoms with Crippen LogP contribution in [0.25, 0.3) is 5.65 Å². The summed E-state index contributed by atoms with van der Waals surface area (Å²) in [6.07, 6.45) is 3.68. The topological polar surface area (TPSA) is 51.4 Å². The third-order valence-corrected chi connectivity index (χ3v) is 1.76. The van der Waals surface area contributed by atoms with Gasteiger partial charge in [-0.15, -0.1) is 0 Å². The second kappa shape index (κ2) is 2.82. The van der Waals surface area contributed by atoms with Crippen LogP contribution in [0.4, 0.5) is 0 Å². The van der Waals surface area contributed by atoms with Crippen molar-refractivity contribution in [3.8, 4) is 0 Å². The molecule has 2 aromatic heterocycles. The van der Waals surface area contributed by atoms with Crippen molar-refractivity contribution in [2.75, 3.05) is 0 Å². The summed E-state index contributed by atoms with van der Waals surface area (Å²) in [4.78, 5) is 25.6. The number of carbonyl (C=O) groups excluding carboxylic acids is 1. The van der Waals surface area contributed by atoms with Gasteiger partial charge in [0.1, 0.15) is 11.9 Å². The summed E-state index contributed by atoms with van der Waals surface area (Å²) >= 11 is 0. The van der Waals surface area contributed by atoms with E-state index in [4.69, 9.17) is 0 Å². The summed E-state index contributed by atoms with van der Waals surface area (Å²) in [5.41, 5.74) is 0.845. The van der Waals surface area contributed by atoms with Crippen molar-refractivity contribution in [2.45, 2.75) is 0 Å². The Hall–Kier alpha value is -1.97. The Bertz CT molecular complexity index is 516. The van der Waals surface area contributed by atoms with E-state index in [1.54, 1.807) is 12.1 Å². The molecule has 0 fully saturated rings. The number of carbonyl (C=O) groups is 1. The van der Waals surface area contributed by atoms with E-state index in [2.05, 4.69) is 4.98 Å². The molecule has 0 amide bonds. The summed E-state index contributed by atoms with van der Waals surface area (Å²) < 4.78 is 1.38. The highest BCUT2D eigenvalue weighted by molar-refractivity contribution is 5.76. The summed E-state index contributed by atoms with van der Waals surface area (Å²) in [6, 6.07) is 4.51. The van der Waals surface area contributed by atoms with Crippen LogP contribution in [0.1, 0.15) is 10.4 Å². The van der Waals surface area contributed by atoms with Crippen LogP contribution in [-0.2, 0) is 0 Å². The van der Waals surface area contributed by atoms with E-state index >= 15 is 0 Å². The van der Waals surface area contributed by atoms with Gasteiger partial charge in [0.25, 0.3) is 5.56 Å². The summed E-state index contributed by atoms with van der Waals surface area (Å²) in [7, 11) is 0. The van der Waals surface area contributed by atoms with Crippen LogP contribution in [-0.4, -0.2) is 15.7 Å². The van der Waals surface area contributed by atoms with Crippen LogP contribution < -0.4 is 5.56 Å². The molecule has 0 aromatic carbocycles. The van der Waals surface area contributed by atoms with E-state index < -0.39 is 0 Å². The normalized spacial score (nSPS) is 10.2. The first-order valence-corrected chi connectivity index (χ1v) is 3.74. The Balaban J connectivity index is 2.87. The molecule has 0 atom stereocenters. The van der Waals surface area contributed by atoms with Crippen molar-refractivity contribution in [2.24, 2.45) is 0 Å². The van der Waals surface area contributed by atoms with E-state index in [1.165, 1.54) is 22.9 Å². The third kappa shape index (κ3) is 1.22. The van der Waals surface area contributed by atoms with Gasteiger partial charge < -0.3 is 0 Å². The average Bonchev–Trinajstić information content (AvgIpc) is 2.18. The fourth-order valence-electron chi connectivity index (χ4n) is 1.12. The molecule has 0 aliphatic carbocycles. The first kappa shape index (κ1) is 7.67. The van der Waals surface area contributed by atoms with Crippen molar-refractivity contribution in [3.63, 3.8) is 0 Å². The van der Waals surface area contributed by atoms with Gasteiger partial charge in [-0.1, -0.05) is 0 Å². The molecule has 0 aliphatic heterocycles. The zero-order valence-electron chi connectivity index (χ0n) is 6.68. The number of pyridine rings is 1. The molecule has 0 saturated heterocycles. The fraction of sp³-hybridized carbons (Fsp3) is 0. The number of aldehydes is 1. The second-order valence-electron chi connectivity index (χ2n) is 2.59. The van der Waals surface area contributed by atoms with Gasteiger partial charge in [-0.25, -0.2) is 4.98 Å². The van der Waals surface area contributed by atoms with Crippen LogP contribution >= 0.6 is 0 Å². The van der Waals surface area contributed by atoms with Crippen molar-refractivity contribution in [1.82, 2.24) is 9.38 Å². The van der Waals surface area contributed by atoms with E-state index in [9.17, 15) is 9.59 Å². The molecule has 13 heavy (non-hydrogen) atoms. The third-order valence-electron chi connectivity index (χ3n) is 1.76. The maximum atomic E-state index is 11.2. The molecular formula is C9H6N2O2. The lowest BCUT2D eigenvalue weighted by Gasteiger charge is -1.97. The van der Waals surface area contributed by atoms with Gasteiger partial charge in [0.15, 0.2) is 0 Å². The Morgan fingerprint density at radius 3 is 3.00 bits per heavy atom. The Morgan fingerprint density at radius 2 is 2.23 bits per heavy atom. The first-order chi connectivity index (χ1) is 6.31. The zero-order valence-corrected chi connectivity index (χ0v) is 6.68. The quantitative estimate of drug-likeness (QED) is 0.592. The van der Waals surface area contributed by atoms with Crippen LogP contribution in [0.2, 0.25) is 0 Å². The van der Waals surface area contributed by atoms with Crippen LogP contribution in [0.5, 0.6) is 0 Å². The lowest BCUT2D eigenvalue weighted by atomic mass is 10.3. The minimum Gasteiger partial charge on any atom is -0.298 e. The van der Waals surface area contributed by atoms with Gasteiger partial charge in [-0.2, -0.15) is 0 Å². The highest BCUT2D eigenvalue weighted by Gasteiger charge is 1.96. The largest absolute Gasteiger partial charge is 0.298 e. The standard InChI is InChI=1S/C9H6N2O2/c12-6-7-2-4-11-8(5-7)10-3-1-9(11)13/h1-6H. The minimum absolute atomic E-state index is 0.151. The molecule has 2 aromatic rings. The number of hydrogen-bond donors (Lipinski definition) is 0. The molecule has 0 N–H and O–H groups in total. The van der Waals surface area contributed by atoms with Crippen molar-refractivity contribution in [1.29, 1.82) is 0 Å². The summed E-state index contributed by atoms with van der Waals surface area (Å²) in [5, 5.41) is 0. The van der Waals surface area contributed by atoms with Gasteiger partial charge in [0, 0.05) is 24.0 Å². The van der Waals surface area contributed by atoms with E-state index in [0.29, 0.717) is 11.2 Å². The number of hydrogen-bond acceptors (Lipinski definition) is 3. The fourth-order valence-corrected chi connectivity index (χ4v) is 1.12. The van der Waals surface area contributed by atoms with Crippen LogP contribution in [0, 0.1) is 0 Å². The Labute approximate surface area is 73.5 Å². The van der Waals surface area contributed by atoms with Crippen LogP contribution in [0.15, 0.2) is 35.4 Å². The number of fused-ring (bicyclic) bond motifs is 1. The van der Waals surface area contributed by atoms with Gasteiger partial charge in [0.05, 0.1) is 0 Å². The lowest BCUT2D eigenvalue weighted by Crippen LogP contribution is -2.12. The number of rotatable bonds is 1. The van der Waals surface area contributed by atoms with E-state index in [-0.39, 0.29) is 5.56 Å². The summed E-state index contributed by atoms with van der Waals surface area (Å²) in [6.45, 7) is 0. The highest BCUT2D eigenvalue weighted by Crippen LogP contribution is 1.99. The van der Waals surface area contributed by atoms with E-state index in [1.807, 2.05) is 0 Å². The summed E-state index contributed by atoms with van der Waals surface area (Å²) in [5.74, 6) is 0. The monoisotopic (exact) mass is 174 g/mol. The highest BCUT2D eigenvalue weighted by atomic mass is 16.1. The predicted molar refractivity (Wildman–Crippen MR) is 46.8 cm³/mol. The zero-order chi connectivity index (χ0) is 9.26. The molecule has 0 bridgehead atoms. The molecule has 2 heterocycles. The SMILES string of the molecule is O=Cc1ccn2c(=O)ccnc2c1. The van der Waals surface area contributed by atoms with Gasteiger partial charge in [0.2, 0.25) is 0 Å². The molecule has 0 saturated carbocycles. The van der Waals surface area contributed by atoms with Crippen molar-refractivity contribution in [3.05, 3.63) is 46.5 Å². The molecule has 4 heteroatoms. The molecule has 64 valence electrons. The second-order valence-corrected chi connectivity index (χ2v) is 2.59. The predicted octanol–water partition coefficient (Wildman–Crippen LogP) is 0.507. The van der Waals surface area contributed by atoms with Gasteiger partial charge in [-0.3, -0.25) is 14.0 Å². The van der Waals surface area contributed by atoms with Gasteiger partial charge >= 0.3 is 0 Å². The maximum Gasteiger partial charge on any atom is 0.257 e. The maximum absolute atomic E-state index is 11.2. The molecule has 0 unspecified atom stereocenters. The molecule has 0 radical (unpaired) electrons. The van der Waals surface area contributed by atoms with Crippen molar-refractivity contribution >= 4 is 11.9 Å². The van der Waals surface area contributed by atoms with Gasteiger partial charge in [-0.05, 0) is 12.1 Å². The van der Waals surface area contributed by atoms with E-state index in [0.717, 1.165) is 6.29 Å².